The fourth-order valence-corrected chi connectivity index (χ4v) is 2.97. The van der Waals surface area contributed by atoms with Crippen molar-refractivity contribution in [2.75, 3.05) is 11.8 Å². The maximum absolute atomic E-state index is 13.1. The van der Waals surface area contributed by atoms with Crippen molar-refractivity contribution in [3.05, 3.63) is 46.6 Å². The van der Waals surface area contributed by atoms with Gasteiger partial charge in [0.1, 0.15) is 17.3 Å². The molecular formula is C12H9BrF2N2O3S. The number of aromatic nitrogens is 1. The molecule has 0 saturated heterocycles. The zero-order valence-electron chi connectivity index (χ0n) is 10.6. The molecule has 0 bridgehead atoms. The first-order chi connectivity index (χ1) is 9.81. The van der Waals surface area contributed by atoms with Gasteiger partial charge in [-0.2, -0.15) is 0 Å². The van der Waals surface area contributed by atoms with Crippen molar-refractivity contribution < 1.29 is 21.9 Å². The number of methoxy groups -OCH3 is 1. The lowest BCUT2D eigenvalue weighted by molar-refractivity contribution is 0.400. The third kappa shape index (κ3) is 3.67. The highest BCUT2D eigenvalue weighted by Gasteiger charge is 2.19. The molecule has 5 nitrogen and oxygen atoms in total. The molecule has 0 amide bonds. The van der Waals surface area contributed by atoms with Crippen LogP contribution in [0, 0.1) is 11.6 Å². The smallest absolute Gasteiger partial charge is 0.262 e. The molecule has 0 spiro atoms. The number of pyridine rings is 1. The Morgan fingerprint density at radius 2 is 1.81 bits per heavy atom. The third-order valence-electron chi connectivity index (χ3n) is 2.40. The largest absolute Gasteiger partial charge is 0.479 e. The summed E-state index contributed by atoms with van der Waals surface area (Å²) in [7, 11) is -2.86. The SMILES string of the molecule is COc1ncc(Br)cc1NS(=O)(=O)c1cc(F)cc(F)c1. The Labute approximate surface area is 128 Å². The summed E-state index contributed by atoms with van der Waals surface area (Å²) in [6.07, 6.45) is 1.42. The van der Waals surface area contributed by atoms with E-state index in [2.05, 4.69) is 25.6 Å². The van der Waals surface area contributed by atoms with Crippen LogP contribution in [0.5, 0.6) is 5.88 Å². The highest BCUT2D eigenvalue weighted by Crippen LogP contribution is 2.27. The van der Waals surface area contributed by atoms with Gasteiger partial charge in [0.15, 0.2) is 0 Å². The number of hydrogen-bond acceptors (Lipinski definition) is 4. The minimum atomic E-state index is -4.18. The van der Waals surface area contributed by atoms with Gasteiger partial charge in [-0.3, -0.25) is 4.72 Å². The normalized spacial score (nSPS) is 11.2. The van der Waals surface area contributed by atoms with Gasteiger partial charge in [-0.25, -0.2) is 22.2 Å². The van der Waals surface area contributed by atoms with E-state index < -0.39 is 26.6 Å². The molecule has 2 rings (SSSR count). The fourth-order valence-electron chi connectivity index (χ4n) is 1.55. The molecule has 0 atom stereocenters. The second kappa shape index (κ2) is 5.94. The molecular weight excluding hydrogens is 370 g/mol. The lowest BCUT2D eigenvalue weighted by Gasteiger charge is -2.11. The molecule has 112 valence electrons. The number of nitrogens with zero attached hydrogens (tertiary/aromatic N) is 1. The van der Waals surface area contributed by atoms with Crippen molar-refractivity contribution in [1.29, 1.82) is 0 Å². The molecule has 1 N–H and O–H groups in total. The zero-order valence-corrected chi connectivity index (χ0v) is 13.0. The lowest BCUT2D eigenvalue weighted by Crippen LogP contribution is -2.14. The minimum absolute atomic E-state index is 0.0265. The number of hydrogen-bond donors (Lipinski definition) is 1. The predicted octanol–water partition coefficient (Wildman–Crippen LogP) is 2.93. The highest BCUT2D eigenvalue weighted by molar-refractivity contribution is 9.10. The van der Waals surface area contributed by atoms with E-state index in [-0.39, 0.29) is 11.6 Å². The molecule has 0 aliphatic heterocycles. The second-order valence-electron chi connectivity index (χ2n) is 3.92. The van der Waals surface area contributed by atoms with Gasteiger partial charge in [-0.1, -0.05) is 0 Å². The topological polar surface area (TPSA) is 68.3 Å². The van der Waals surface area contributed by atoms with Crippen LogP contribution in [0.15, 0.2) is 39.8 Å². The summed E-state index contributed by atoms with van der Waals surface area (Å²) in [5.41, 5.74) is 0.0385. The molecule has 0 unspecified atom stereocenters. The fraction of sp³-hybridized carbons (Fsp3) is 0.0833. The van der Waals surface area contributed by atoms with Gasteiger partial charge in [-0.05, 0) is 34.1 Å². The Morgan fingerprint density at radius 3 is 2.38 bits per heavy atom. The molecule has 9 heteroatoms. The van der Waals surface area contributed by atoms with Crippen LogP contribution in [0.2, 0.25) is 0 Å². The summed E-state index contributed by atoms with van der Waals surface area (Å²) < 4.78 is 58.1. The summed E-state index contributed by atoms with van der Waals surface area (Å²) in [6.45, 7) is 0. The average Bonchev–Trinajstić information content (AvgIpc) is 2.37. The van der Waals surface area contributed by atoms with Gasteiger partial charge in [0, 0.05) is 16.7 Å². The summed E-state index contributed by atoms with van der Waals surface area (Å²) >= 11 is 3.14. The van der Waals surface area contributed by atoms with Gasteiger partial charge in [0.2, 0.25) is 5.88 Å². The molecule has 0 saturated carbocycles. The zero-order chi connectivity index (χ0) is 15.6. The summed E-state index contributed by atoms with van der Waals surface area (Å²) in [5, 5.41) is 0. The molecule has 0 fully saturated rings. The molecule has 1 aromatic carbocycles. The minimum Gasteiger partial charge on any atom is -0.479 e. The van der Waals surface area contributed by atoms with Crippen LogP contribution in [0.4, 0.5) is 14.5 Å². The summed E-state index contributed by atoms with van der Waals surface area (Å²) in [6, 6.07) is 3.42. The summed E-state index contributed by atoms with van der Waals surface area (Å²) in [4.78, 5) is 3.33. The van der Waals surface area contributed by atoms with Gasteiger partial charge in [-0.15, -0.1) is 0 Å². The van der Waals surface area contributed by atoms with Crippen molar-refractivity contribution in [2.24, 2.45) is 0 Å². The highest BCUT2D eigenvalue weighted by atomic mass is 79.9. The number of sulfonamides is 1. The molecule has 21 heavy (non-hydrogen) atoms. The van der Waals surface area contributed by atoms with Crippen molar-refractivity contribution in [3.63, 3.8) is 0 Å². The van der Waals surface area contributed by atoms with E-state index in [1.807, 2.05) is 0 Å². The molecule has 0 radical (unpaired) electrons. The van der Waals surface area contributed by atoms with E-state index in [0.717, 1.165) is 0 Å². The molecule has 1 aromatic heterocycles. The van der Waals surface area contributed by atoms with Gasteiger partial charge in [0.05, 0.1) is 12.0 Å². The number of benzene rings is 1. The van der Waals surface area contributed by atoms with Crippen LogP contribution < -0.4 is 9.46 Å². The van der Waals surface area contributed by atoms with E-state index in [1.165, 1.54) is 19.4 Å². The quantitative estimate of drug-likeness (QED) is 0.887. The maximum Gasteiger partial charge on any atom is 0.262 e. The van der Waals surface area contributed by atoms with Crippen molar-refractivity contribution in [2.45, 2.75) is 4.90 Å². The number of nitrogens with one attached hydrogen (secondary N) is 1. The second-order valence-corrected chi connectivity index (χ2v) is 6.52. The Hall–Kier alpha value is -1.74. The standard InChI is InChI=1S/C12H9BrF2N2O3S/c1-20-12-11(2-7(13)6-16-12)17-21(18,19)10-4-8(14)3-9(15)5-10/h2-6,17H,1H3. The maximum atomic E-state index is 13.1. The van der Waals surface area contributed by atoms with Crippen molar-refractivity contribution in [1.82, 2.24) is 4.98 Å². The Balaban J connectivity index is 2.44. The van der Waals surface area contributed by atoms with E-state index >= 15 is 0 Å². The average molecular weight is 379 g/mol. The Morgan fingerprint density at radius 1 is 1.19 bits per heavy atom. The third-order valence-corrected chi connectivity index (χ3v) is 4.18. The van der Waals surface area contributed by atoms with Crippen LogP contribution in [-0.4, -0.2) is 20.5 Å². The number of ether oxygens (including phenoxy) is 1. The Bertz CT molecular complexity index is 764. The van der Waals surface area contributed by atoms with Crippen molar-refractivity contribution in [3.8, 4) is 5.88 Å². The van der Waals surface area contributed by atoms with Crippen molar-refractivity contribution >= 4 is 31.6 Å². The number of anilines is 1. The van der Waals surface area contributed by atoms with Crippen LogP contribution in [0.25, 0.3) is 0 Å². The predicted molar refractivity (Wildman–Crippen MR) is 75.7 cm³/mol. The monoisotopic (exact) mass is 378 g/mol. The number of halogens is 3. The number of rotatable bonds is 4. The Kier molecular flexibility index (Phi) is 4.43. The molecule has 1 heterocycles. The first-order valence-corrected chi connectivity index (χ1v) is 7.78. The van der Waals surface area contributed by atoms with Gasteiger partial charge in [0.25, 0.3) is 10.0 Å². The van der Waals surface area contributed by atoms with Crippen LogP contribution >= 0.6 is 15.9 Å². The lowest BCUT2D eigenvalue weighted by atomic mass is 10.3. The van der Waals surface area contributed by atoms with Gasteiger partial charge >= 0.3 is 0 Å². The van der Waals surface area contributed by atoms with E-state index in [1.54, 1.807) is 0 Å². The van der Waals surface area contributed by atoms with E-state index in [0.29, 0.717) is 22.7 Å². The molecule has 0 aliphatic rings. The van der Waals surface area contributed by atoms with E-state index in [9.17, 15) is 17.2 Å². The van der Waals surface area contributed by atoms with E-state index in [4.69, 9.17) is 4.74 Å². The van der Waals surface area contributed by atoms with Crippen LogP contribution in [0.3, 0.4) is 0 Å². The molecule has 2 aromatic rings. The first-order valence-electron chi connectivity index (χ1n) is 5.50. The first kappa shape index (κ1) is 15.6. The van der Waals surface area contributed by atoms with Crippen LogP contribution in [0.1, 0.15) is 0 Å². The molecule has 0 aliphatic carbocycles. The summed E-state index contributed by atoms with van der Waals surface area (Å²) in [5.74, 6) is -1.96. The van der Waals surface area contributed by atoms with Crippen LogP contribution in [-0.2, 0) is 10.0 Å². The van der Waals surface area contributed by atoms with Gasteiger partial charge < -0.3 is 4.74 Å².